The molecule has 0 radical (unpaired) electrons. The highest BCUT2D eigenvalue weighted by molar-refractivity contribution is 5.80. The minimum atomic E-state index is -0.285. The SMILES string of the molecule is Cc1nc2cc(N(C)C(CO)CO)ccc2n1C. The van der Waals surface area contributed by atoms with E-state index in [1.165, 1.54) is 0 Å². The standard InChI is InChI=1S/C13H19N3O2/c1-9-14-12-6-10(4-5-13(12)15(9)2)16(3)11(7-17)8-18/h4-6,11,17-18H,7-8H2,1-3H3. The van der Waals surface area contributed by atoms with Gasteiger partial charge in [-0.2, -0.15) is 0 Å². The van der Waals surface area contributed by atoms with Gasteiger partial charge in [-0.15, -0.1) is 0 Å². The van der Waals surface area contributed by atoms with Crippen LogP contribution in [0.1, 0.15) is 5.82 Å². The van der Waals surface area contributed by atoms with Gasteiger partial charge in [0.2, 0.25) is 0 Å². The smallest absolute Gasteiger partial charge is 0.106 e. The molecule has 0 saturated heterocycles. The molecule has 0 saturated carbocycles. The van der Waals surface area contributed by atoms with E-state index in [4.69, 9.17) is 0 Å². The van der Waals surface area contributed by atoms with Crippen LogP contribution in [-0.2, 0) is 7.05 Å². The second kappa shape index (κ2) is 4.96. The predicted molar refractivity (Wildman–Crippen MR) is 71.8 cm³/mol. The van der Waals surface area contributed by atoms with E-state index < -0.39 is 0 Å². The molecular weight excluding hydrogens is 230 g/mol. The van der Waals surface area contributed by atoms with Gasteiger partial charge in [-0.3, -0.25) is 0 Å². The summed E-state index contributed by atoms with van der Waals surface area (Å²) in [5, 5.41) is 18.4. The molecule has 0 fully saturated rings. The Morgan fingerprint density at radius 3 is 2.61 bits per heavy atom. The van der Waals surface area contributed by atoms with Crippen LogP contribution in [0.2, 0.25) is 0 Å². The molecule has 0 amide bonds. The van der Waals surface area contributed by atoms with Gasteiger partial charge in [0.05, 0.1) is 30.3 Å². The van der Waals surface area contributed by atoms with Gasteiger partial charge in [-0.25, -0.2) is 4.98 Å². The Balaban J connectivity index is 2.41. The molecule has 2 aromatic rings. The fourth-order valence-electron chi connectivity index (χ4n) is 2.04. The lowest BCUT2D eigenvalue weighted by molar-refractivity contribution is 0.191. The fraction of sp³-hybridized carbons (Fsp3) is 0.462. The summed E-state index contributed by atoms with van der Waals surface area (Å²) >= 11 is 0. The Kier molecular flexibility index (Phi) is 3.54. The molecule has 0 bridgehead atoms. The third kappa shape index (κ3) is 2.07. The van der Waals surface area contributed by atoms with E-state index in [2.05, 4.69) is 4.98 Å². The zero-order valence-corrected chi connectivity index (χ0v) is 11.0. The number of rotatable bonds is 4. The Hall–Kier alpha value is -1.59. The first-order valence-corrected chi connectivity index (χ1v) is 5.96. The highest BCUT2D eigenvalue weighted by atomic mass is 16.3. The van der Waals surface area contributed by atoms with Crippen LogP contribution >= 0.6 is 0 Å². The van der Waals surface area contributed by atoms with Gasteiger partial charge in [0.25, 0.3) is 0 Å². The summed E-state index contributed by atoms with van der Waals surface area (Å²) in [5.41, 5.74) is 2.94. The summed E-state index contributed by atoms with van der Waals surface area (Å²) in [4.78, 5) is 6.34. The molecule has 0 aliphatic rings. The molecule has 0 unspecified atom stereocenters. The highest BCUT2D eigenvalue weighted by Crippen LogP contribution is 2.22. The third-order valence-electron chi connectivity index (χ3n) is 3.46. The van der Waals surface area contributed by atoms with Gasteiger partial charge >= 0.3 is 0 Å². The normalized spacial score (nSPS) is 11.4. The number of fused-ring (bicyclic) bond motifs is 1. The number of nitrogens with zero attached hydrogens (tertiary/aromatic N) is 3. The van der Waals surface area contributed by atoms with Crippen molar-refractivity contribution in [1.29, 1.82) is 0 Å². The van der Waals surface area contributed by atoms with Crippen LogP contribution in [0.4, 0.5) is 5.69 Å². The Morgan fingerprint density at radius 2 is 2.00 bits per heavy atom. The second-order valence-electron chi connectivity index (χ2n) is 4.52. The lowest BCUT2D eigenvalue weighted by atomic mass is 10.2. The minimum Gasteiger partial charge on any atom is -0.394 e. The van der Waals surface area contributed by atoms with Gasteiger partial charge in [0.1, 0.15) is 5.82 Å². The van der Waals surface area contributed by atoms with Crippen LogP contribution < -0.4 is 4.90 Å². The molecule has 2 N–H and O–H groups in total. The van der Waals surface area contributed by atoms with E-state index in [0.29, 0.717) is 0 Å². The highest BCUT2D eigenvalue weighted by Gasteiger charge is 2.14. The maximum Gasteiger partial charge on any atom is 0.106 e. The first-order valence-electron chi connectivity index (χ1n) is 5.96. The summed E-state index contributed by atoms with van der Waals surface area (Å²) in [6.07, 6.45) is 0. The summed E-state index contributed by atoms with van der Waals surface area (Å²) in [6, 6.07) is 5.67. The number of hydrogen-bond acceptors (Lipinski definition) is 4. The van der Waals surface area contributed by atoms with Gasteiger partial charge in [-0.1, -0.05) is 0 Å². The third-order valence-corrected chi connectivity index (χ3v) is 3.46. The molecule has 2 rings (SSSR count). The predicted octanol–water partition coefficient (Wildman–Crippen LogP) is 0.671. The molecule has 98 valence electrons. The largest absolute Gasteiger partial charge is 0.394 e. The van der Waals surface area contributed by atoms with Crippen LogP contribution in [0.15, 0.2) is 18.2 Å². The maximum absolute atomic E-state index is 9.20. The van der Waals surface area contributed by atoms with Gasteiger partial charge in [-0.05, 0) is 25.1 Å². The average molecular weight is 249 g/mol. The number of benzene rings is 1. The molecule has 1 aromatic carbocycles. The summed E-state index contributed by atoms with van der Waals surface area (Å²) in [5.74, 6) is 0.964. The first-order chi connectivity index (χ1) is 8.58. The van der Waals surface area contributed by atoms with Crippen LogP contribution in [0.25, 0.3) is 11.0 Å². The fourth-order valence-corrected chi connectivity index (χ4v) is 2.04. The van der Waals surface area contributed by atoms with E-state index in [9.17, 15) is 10.2 Å². The Morgan fingerprint density at radius 1 is 1.33 bits per heavy atom. The summed E-state index contributed by atoms with van der Waals surface area (Å²) in [7, 11) is 3.84. The maximum atomic E-state index is 9.20. The van der Waals surface area contributed by atoms with Crippen molar-refractivity contribution in [3.05, 3.63) is 24.0 Å². The van der Waals surface area contributed by atoms with Crippen LogP contribution in [0.3, 0.4) is 0 Å². The van der Waals surface area contributed by atoms with E-state index in [-0.39, 0.29) is 19.3 Å². The zero-order chi connectivity index (χ0) is 13.3. The monoisotopic (exact) mass is 249 g/mol. The van der Waals surface area contributed by atoms with Gasteiger partial charge in [0.15, 0.2) is 0 Å². The van der Waals surface area contributed by atoms with E-state index in [1.807, 2.05) is 48.7 Å². The molecule has 0 aliphatic carbocycles. The van der Waals surface area contributed by atoms with Crippen LogP contribution in [0.5, 0.6) is 0 Å². The Bertz CT molecular complexity index is 546. The molecule has 5 heteroatoms. The van der Waals surface area contributed by atoms with Crippen molar-refractivity contribution in [3.8, 4) is 0 Å². The number of aromatic nitrogens is 2. The molecule has 0 spiro atoms. The van der Waals surface area contributed by atoms with Crippen LogP contribution in [-0.4, -0.2) is 46.1 Å². The number of aryl methyl sites for hydroxylation is 2. The number of hydrogen-bond donors (Lipinski definition) is 2. The number of aliphatic hydroxyl groups is 2. The Labute approximate surface area is 106 Å². The average Bonchev–Trinajstić information content (AvgIpc) is 2.66. The molecule has 5 nitrogen and oxygen atoms in total. The molecular formula is C13H19N3O2. The molecule has 18 heavy (non-hydrogen) atoms. The number of anilines is 1. The van der Waals surface area contributed by atoms with Crippen LogP contribution in [0, 0.1) is 6.92 Å². The lowest BCUT2D eigenvalue weighted by Crippen LogP contribution is -2.37. The van der Waals surface area contributed by atoms with Crippen molar-refractivity contribution in [2.75, 3.05) is 25.2 Å². The van der Waals surface area contributed by atoms with E-state index in [1.54, 1.807) is 0 Å². The van der Waals surface area contributed by atoms with E-state index >= 15 is 0 Å². The topological polar surface area (TPSA) is 61.5 Å². The molecule has 0 atom stereocenters. The molecule has 1 aromatic heterocycles. The lowest BCUT2D eigenvalue weighted by Gasteiger charge is -2.26. The number of aliphatic hydroxyl groups excluding tert-OH is 2. The van der Waals surface area contributed by atoms with Crippen molar-refractivity contribution in [2.24, 2.45) is 7.05 Å². The zero-order valence-electron chi connectivity index (χ0n) is 11.0. The molecule has 1 heterocycles. The van der Waals surface area contributed by atoms with Crippen molar-refractivity contribution in [2.45, 2.75) is 13.0 Å². The van der Waals surface area contributed by atoms with Crippen molar-refractivity contribution >= 4 is 16.7 Å². The summed E-state index contributed by atoms with van der Waals surface area (Å²) < 4.78 is 2.04. The van der Waals surface area contributed by atoms with Gasteiger partial charge < -0.3 is 19.7 Å². The van der Waals surface area contributed by atoms with Crippen molar-refractivity contribution in [1.82, 2.24) is 9.55 Å². The molecule has 0 aliphatic heterocycles. The van der Waals surface area contributed by atoms with Gasteiger partial charge in [0, 0.05) is 19.8 Å². The number of likely N-dealkylation sites (N-methyl/N-ethyl adjacent to an activating group) is 1. The van der Waals surface area contributed by atoms with E-state index in [0.717, 1.165) is 22.5 Å². The quantitative estimate of drug-likeness (QED) is 0.836. The van der Waals surface area contributed by atoms with Crippen molar-refractivity contribution in [3.63, 3.8) is 0 Å². The minimum absolute atomic E-state index is 0.0771. The second-order valence-corrected chi connectivity index (χ2v) is 4.52. The first kappa shape index (κ1) is 12.9. The van der Waals surface area contributed by atoms with Crippen molar-refractivity contribution < 1.29 is 10.2 Å². The summed E-state index contributed by atoms with van der Waals surface area (Å²) in [6.45, 7) is 1.81. The number of imidazole rings is 1.